The highest BCUT2D eigenvalue weighted by molar-refractivity contribution is 6.40. The second-order valence-corrected chi connectivity index (χ2v) is 5.39. The molecule has 7 nitrogen and oxygen atoms in total. The van der Waals surface area contributed by atoms with Gasteiger partial charge in [0.2, 0.25) is 0 Å². The Balaban J connectivity index is 2.13. The number of fused-ring (bicyclic) bond motifs is 1. The van der Waals surface area contributed by atoms with Gasteiger partial charge >= 0.3 is 11.9 Å². The summed E-state index contributed by atoms with van der Waals surface area (Å²) in [6.45, 7) is 0. The molecule has 0 saturated carbocycles. The minimum atomic E-state index is -1.24. The number of amides is 2. The number of rotatable bonds is 3. The van der Waals surface area contributed by atoms with Crippen LogP contribution in [-0.4, -0.2) is 34.0 Å². The first kappa shape index (κ1) is 15.7. The average Bonchev–Trinajstić information content (AvgIpc) is 2.79. The topological polar surface area (TPSA) is 112 Å². The predicted molar refractivity (Wildman–Crippen MR) is 83.0 cm³/mol. The van der Waals surface area contributed by atoms with E-state index >= 15 is 0 Å². The Morgan fingerprint density at radius 3 is 2.00 bits per heavy atom. The second-order valence-electron chi connectivity index (χ2n) is 4.98. The molecule has 2 aromatic rings. The molecule has 2 aromatic carbocycles. The largest absolute Gasteiger partial charge is 0.478 e. The van der Waals surface area contributed by atoms with Crippen molar-refractivity contribution in [3.8, 4) is 0 Å². The molecular weight excluding hydrogens is 338 g/mol. The van der Waals surface area contributed by atoms with E-state index in [-0.39, 0.29) is 33.0 Å². The molecule has 1 aliphatic rings. The molecule has 2 amide bonds. The van der Waals surface area contributed by atoms with E-state index in [1.165, 1.54) is 24.3 Å². The number of halogens is 1. The zero-order valence-electron chi connectivity index (χ0n) is 11.8. The first-order valence-electron chi connectivity index (χ1n) is 6.60. The highest BCUT2D eigenvalue weighted by Gasteiger charge is 2.38. The molecule has 1 heterocycles. The van der Waals surface area contributed by atoms with E-state index in [1.807, 2.05) is 0 Å². The van der Waals surface area contributed by atoms with E-state index in [0.717, 1.165) is 17.0 Å². The van der Waals surface area contributed by atoms with Crippen molar-refractivity contribution < 1.29 is 29.4 Å². The molecule has 0 radical (unpaired) electrons. The van der Waals surface area contributed by atoms with Gasteiger partial charge in [0.15, 0.2) is 0 Å². The van der Waals surface area contributed by atoms with Crippen molar-refractivity contribution in [1.29, 1.82) is 0 Å². The Kier molecular flexibility index (Phi) is 3.57. The molecule has 1 aliphatic heterocycles. The first-order valence-corrected chi connectivity index (χ1v) is 6.98. The molecule has 8 heteroatoms. The summed E-state index contributed by atoms with van der Waals surface area (Å²) in [6.07, 6.45) is 0. The quantitative estimate of drug-likeness (QED) is 0.827. The van der Waals surface area contributed by atoms with Crippen molar-refractivity contribution >= 4 is 41.0 Å². The number of carbonyl (C=O) groups is 4. The normalized spacial score (nSPS) is 13.1. The summed E-state index contributed by atoms with van der Waals surface area (Å²) in [5.41, 5.74) is -0.391. The Morgan fingerprint density at radius 1 is 0.833 bits per heavy atom. The lowest BCUT2D eigenvalue weighted by atomic mass is 10.1. The van der Waals surface area contributed by atoms with Crippen molar-refractivity contribution in [2.45, 2.75) is 0 Å². The van der Waals surface area contributed by atoms with Crippen molar-refractivity contribution in [3.63, 3.8) is 0 Å². The van der Waals surface area contributed by atoms with E-state index in [9.17, 15) is 19.2 Å². The molecule has 0 spiro atoms. The molecule has 0 aliphatic carbocycles. The van der Waals surface area contributed by atoms with Crippen LogP contribution in [0, 0.1) is 0 Å². The monoisotopic (exact) mass is 345 g/mol. The Hall–Kier alpha value is -3.19. The van der Waals surface area contributed by atoms with Crippen molar-refractivity contribution in [3.05, 3.63) is 63.7 Å². The zero-order chi connectivity index (χ0) is 17.6. The highest BCUT2D eigenvalue weighted by atomic mass is 35.5. The molecular formula is C16H8ClNO6. The lowest BCUT2D eigenvalue weighted by Gasteiger charge is -2.16. The van der Waals surface area contributed by atoms with Gasteiger partial charge in [-0.2, -0.15) is 0 Å². The number of nitrogens with zero attached hydrogens (tertiary/aromatic N) is 1. The fourth-order valence-electron chi connectivity index (χ4n) is 2.41. The van der Waals surface area contributed by atoms with Crippen LogP contribution in [0.3, 0.4) is 0 Å². The summed E-state index contributed by atoms with van der Waals surface area (Å²) in [5.74, 6) is -3.93. The maximum atomic E-state index is 12.5. The van der Waals surface area contributed by atoms with Gasteiger partial charge in [0.1, 0.15) is 0 Å². The number of aromatic carboxylic acids is 2. The van der Waals surface area contributed by atoms with Gasteiger partial charge in [-0.1, -0.05) is 11.6 Å². The van der Waals surface area contributed by atoms with Gasteiger partial charge in [-0.3, -0.25) is 9.59 Å². The van der Waals surface area contributed by atoms with E-state index in [0.29, 0.717) is 0 Å². The zero-order valence-corrected chi connectivity index (χ0v) is 12.6. The number of hydrogen-bond donors (Lipinski definition) is 2. The number of anilines is 1. The summed E-state index contributed by atoms with van der Waals surface area (Å²) < 4.78 is 0. The minimum Gasteiger partial charge on any atom is -0.478 e. The molecule has 2 N–H and O–H groups in total. The van der Waals surface area contributed by atoms with Crippen LogP contribution in [0.5, 0.6) is 0 Å². The highest BCUT2D eigenvalue weighted by Crippen LogP contribution is 2.34. The first-order chi connectivity index (χ1) is 11.3. The van der Waals surface area contributed by atoms with Gasteiger partial charge in [-0.05, 0) is 36.4 Å². The number of benzene rings is 2. The minimum absolute atomic E-state index is 0.0213. The van der Waals surface area contributed by atoms with Crippen molar-refractivity contribution in [2.24, 2.45) is 0 Å². The summed E-state index contributed by atoms with van der Waals surface area (Å²) in [7, 11) is 0. The number of carboxylic acids is 2. The molecule has 3 rings (SSSR count). The van der Waals surface area contributed by atoms with Gasteiger partial charge in [-0.15, -0.1) is 0 Å². The second kappa shape index (κ2) is 5.47. The van der Waals surface area contributed by atoms with Gasteiger partial charge in [-0.25, -0.2) is 14.5 Å². The van der Waals surface area contributed by atoms with E-state index in [4.69, 9.17) is 21.8 Å². The smallest absolute Gasteiger partial charge is 0.335 e. The lowest BCUT2D eigenvalue weighted by molar-refractivity contribution is 0.0686. The summed E-state index contributed by atoms with van der Waals surface area (Å²) in [6, 6.07) is 7.19. The van der Waals surface area contributed by atoms with Crippen molar-refractivity contribution in [1.82, 2.24) is 0 Å². The standard InChI is InChI=1S/C16H8ClNO6/c17-11-4-2-8(16(23)24)6-12(11)18-13(19)9-3-1-7(15(21)22)5-10(9)14(18)20/h1-6H,(H,21,22)(H,23,24). The molecule has 0 aromatic heterocycles. The van der Waals surface area contributed by atoms with Crippen LogP contribution in [-0.2, 0) is 0 Å². The number of carboxylic acid groups (broad SMARTS) is 2. The summed E-state index contributed by atoms with van der Waals surface area (Å²) in [4.78, 5) is 47.8. The lowest BCUT2D eigenvalue weighted by Crippen LogP contribution is -2.29. The SMILES string of the molecule is O=C(O)c1ccc2c(c1)C(=O)N(c1cc(C(=O)O)ccc1Cl)C2=O. The third-order valence-electron chi connectivity index (χ3n) is 3.57. The maximum Gasteiger partial charge on any atom is 0.335 e. The van der Waals surface area contributed by atoms with Crippen LogP contribution >= 0.6 is 11.6 Å². The summed E-state index contributed by atoms with van der Waals surface area (Å²) >= 11 is 6.00. The van der Waals surface area contributed by atoms with Crippen LogP contribution in [0.15, 0.2) is 36.4 Å². The van der Waals surface area contributed by atoms with Crippen LogP contribution in [0.1, 0.15) is 41.4 Å². The van der Waals surface area contributed by atoms with Crippen LogP contribution in [0.2, 0.25) is 5.02 Å². The maximum absolute atomic E-state index is 12.5. The number of carbonyl (C=O) groups excluding carboxylic acids is 2. The van der Waals surface area contributed by atoms with Gasteiger partial charge in [0, 0.05) is 0 Å². The van der Waals surface area contributed by atoms with E-state index < -0.39 is 23.8 Å². The Bertz CT molecular complexity index is 936. The van der Waals surface area contributed by atoms with Gasteiger partial charge < -0.3 is 10.2 Å². The summed E-state index contributed by atoms with van der Waals surface area (Å²) in [5, 5.41) is 18.1. The third-order valence-corrected chi connectivity index (χ3v) is 3.89. The molecule has 0 saturated heterocycles. The van der Waals surface area contributed by atoms with Gasteiger partial charge in [0.05, 0.1) is 33.0 Å². The fourth-order valence-corrected chi connectivity index (χ4v) is 2.61. The van der Waals surface area contributed by atoms with Gasteiger partial charge in [0.25, 0.3) is 11.8 Å². The number of imide groups is 1. The molecule has 0 bridgehead atoms. The van der Waals surface area contributed by atoms with Crippen molar-refractivity contribution in [2.75, 3.05) is 4.90 Å². The Labute approximate surface area is 139 Å². The molecule has 24 heavy (non-hydrogen) atoms. The fraction of sp³-hybridized carbons (Fsp3) is 0. The third kappa shape index (κ3) is 2.31. The van der Waals surface area contributed by atoms with Crippen LogP contribution in [0.4, 0.5) is 5.69 Å². The Morgan fingerprint density at radius 2 is 1.38 bits per heavy atom. The van der Waals surface area contributed by atoms with E-state index in [2.05, 4.69) is 0 Å². The molecule has 0 fully saturated rings. The van der Waals surface area contributed by atoms with E-state index in [1.54, 1.807) is 0 Å². The van der Waals surface area contributed by atoms with Crippen LogP contribution in [0.25, 0.3) is 0 Å². The molecule has 120 valence electrons. The predicted octanol–water partition coefficient (Wildman–Crippen LogP) is 2.54. The van der Waals surface area contributed by atoms with Crippen LogP contribution < -0.4 is 4.90 Å². The molecule has 0 unspecified atom stereocenters. The molecule has 0 atom stereocenters. The average molecular weight is 346 g/mol. The number of hydrogen-bond acceptors (Lipinski definition) is 4.